The molecule has 0 bridgehead atoms. The van der Waals surface area contributed by atoms with Gasteiger partial charge in [0.25, 0.3) is 0 Å². The smallest absolute Gasteiger partial charge is 0.328 e. The van der Waals surface area contributed by atoms with E-state index in [0.717, 1.165) is 5.56 Å². The highest BCUT2D eigenvalue weighted by Crippen LogP contribution is 2.34. The number of carboxylic acids is 1. The summed E-state index contributed by atoms with van der Waals surface area (Å²) in [7, 11) is 3.11. The van der Waals surface area contributed by atoms with Crippen LogP contribution >= 0.6 is 0 Å². The maximum atomic E-state index is 11.1. The third-order valence-electron chi connectivity index (χ3n) is 2.70. The fourth-order valence-electron chi connectivity index (χ4n) is 1.54. The summed E-state index contributed by atoms with van der Waals surface area (Å²) < 4.78 is 10.5. The number of benzene rings is 1. The molecule has 0 unspecified atom stereocenters. The average molecular weight is 253 g/mol. The Morgan fingerprint density at radius 2 is 1.78 bits per heavy atom. The number of carbonyl (C=O) groups is 1. The minimum absolute atomic E-state index is 0.586. The van der Waals surface area contributed by atoms with Crippen LogP contribution in [0.25, 0.3) is 0 Å². The molecule has 2 N–H and O–H groups in total. The van der Waals surface area contributed by atoms with Gasteiger partial charge in [-0.3, -0.25) is 0 Å². The second-order valence-electron chi connectivity index (χ2n) is 4.58. The van der Waals surface area contributed by atoms with Crippen molar-refractivity contribution in [2.24, 2.45) is 0 Å². The molecule has 1 aromatic carbocycles. The van der Waals surface area contributed by atoms with Crippen molar-refractivity contribution in [3.8, 4) is 11.5 Å². The first-order chi connectivity index (χ1) is 8.31. The Hall–Kier alpha value is -1.91. The summed E-state index contributed by atoms with van der Waals surface area (Å²) >= 11 is 0. The lowest BCUT2D eigenvalue weighted by Gasteiger charge is -2.24. The SMILES string of the molecule is COc1cc(NC(C)(C)C(=O)O)c(OC)cc1C. The van der Waals surface area contributed by atoms with Gasteiger partial charge >= 0.3 is 5.97 Å². The summed E-state index contributed by atoms with van der Waals surface area (Å²) in [6, 6.07) is 3.54. The molecule has 0 radical (unpaired) electrons. The van der Waals surface area contributed by atoms with Crippen LogP contribution < -0.4 is 14.8 Å². The molecule has 5 heteroatoms. The third kappa shape index (κ3) is 2.85. The van der Waals surface area contributed by atoms with E-state index in [9.17, 15) is 4.79 Å². The minimum Gasteiger partial charge on any atom is -0.496 e. The van der Waals surface area contributed by atoms with Gasteiger partial charge in [0.2, 0.25) is 0 Å². The van der Waals surface area contributed by atoms with Crippen molar-refractivity contribution >= 4 is 11.7 Å². The van der Waals surface area contributed by atoms with E-state index >= 15 is 0 Å². The lowest BCUT2D eigenvalue weighted by molar-refractivity contribution is -0.141. The molecule has 5 nitrogen and oxygen atoms in total. The predicted octanol–water partition coefficient (Wildman–Crippen LogP) is 2.29. The molecule has 0 aliphatic heterocycles. The first-order valence-corrected chi connectivity index (χ1v) is 5.56. The van der Waals surface area contributed by atoms with E-state index < -0.39 is 11.5 Å². The van der Waals surface area contributed by atoms with Crippen LogP contribution in [0.4, 0.5) is 5.69 Å². The van der Waals surface area contributed by atoms with E-state index in [-0.39, 0.29) is 0 Å². The highest BCUT2D eigenvalue weighted by atomic mass is 16.5. The van der Waals surface area contributed by atoms with E-state index in [4.69, 9.17) is 14.6 Å². The molecule has 18 heavy (non-hydrogen) atoms. The number of hydrogen-bond acceptors (Lipinski definition) is 4. The van der Waals surface area contributed by atoms with Crippen LogP contribution in [0.5, 0.6) is 11.5 Å². The Kier molecular flexibility index (Phi) is 4.06. The van der Waals surface area contributed by atoms with Crippen LogP contribution in [0.2, 0.25) is 0 Å². The van der Waals surface area contributed by atoms with Crippen LogP contribution in [-0.4, -0.2) is 30.8 Å². The van der Waals surface area contributed by atoms with Gasteiger partial charge in [-0.25, -0.2) is 4.79 Å². The van der Waals surface area contributed by atoms with Gasteiger partial charge in [0.15, 0.2) is 0 Å². The molecule has 0 amide bonds. The number of ether oxygens (including phenoxy) is 2. The number of hydrogen-bond donors (Lipinski definition) is 2. The summed E-state index contributed by atoms with van der Waals surface area (Å²) in [6.07, 6.45) is 0. The van der Waals surface area contributed by atoms with E-state index in [0.29, 0.717) is 17.2 Å². The normalized spacial score (nSPS) is 10.9. The van der Waals surface area contributed by atoms with Crippen molar-refractivity contribution in [3.05, 3.63) is 17.7 Å². The summed E-state index contributed by atoms with van der Waals surface area (Å²) in [6.45, 7) is 5.07. The molecule has 0 aromatic heterocycles. The first kappa shape index (κ1) is 14.2. The zero-order valence-electron chi connectivity index (χ0n) is 11.3. The summed E-state index contributed by atoms with van der Waals surface area (Å²) in [4.78, 5) is 11.1. The molecule has 0 spiro atoms. The molecule has 0 aliphatic rings. The van der Waals surface area contributed by atoms with Crippen molar-refractivity contribution in [2.45, 2.75) is 26.3 Å². The zero-order chi connectivity index (χ0) is 13.9. The van der Waals surface area contributed by atoms with Gasteiger partial charge in [-0.15, -0.1) is 0 Å². The molecule has 100 valence electrons. The number of methoxy groups -OCH3 is 2. The molecular formula is C13H19NO4. The van der Waals surface area contributed by atoms with Crippen LogP contribution in [-0.2, 0) is 4.79 Å². The van der Waals surface area contributed by atoms with E-state index in [1.807, 2.05) is 6.92 Å². The summed E-state index contributed by atoms with van der Waals surface area (Å²) in [5.74, 6) is 0.325. The molecule has 0 heterocycles. The minimum atomic E-state index is -1.09. The molecule has 0 atom stereocenters. The van der Waals surface area contributed by atoms with Crippen LogP contribution in [0.3, 0.4) is 0 Å². The molecule has 0 fully saturated rings. The fourth-order valence-corrected chi connectivity index (χ4v) is 1.54. The third-order valence-corrected chi connectivity index (χ3v) is 2.70. The molecule has 1 aromatic rings. The average Bonchev–Trinajstić information content (AvgIpc) is 2.30. The number of carboxylic acid groups (broad SMARTS) is 1. The standard InChI is InChI=1S/C13H19NO4/c1-8-6-11(18-5)9(7-10(8)17-4)14-13(2,3)12(15)16/h6-7,14H,1-5H3,(H,15,16). The Morgan fingerprint density at radius 3 is 2.22 bits per heavy atom. The highest BCUT2D eigenvalue weighted by molar-refractivity contribution is 5.82. The van der Waals surface area contributed by atoms with Crippen molar-refractivity contribution in [3.63, 3.8) is 0 Å². The van der Waals surface area contributed by atoms with Crippen LogP contribution in [0, 0.1) is 6.92 Å². The van der Waals surface area contributed by atoms with Crippen molar-refractivity contribution < 1.29 is 19.4 Å². The Bertz CT molecular complexity index is 455. The van der Waals surface area contributed by atoms with Gasteiger partial charge in [0.05, 0.1) is 19.9 Å². The second kappa shape index (κ2) is 5.16. The predicted molar refractivity (Wildman–Crippen MR) is 69.6 cm³/mol. The van der Waals surface area contributed by atoms with Crippen LogP contribution in [0.1, 0.15) is 19.4 Å². The number of aryl methyl sites for hydroxylation is 1. The van der Waals surface area contributed by atoms with Crippen LogP contribution in [0.15, 0.2) is 12.1 Å². The maximum absolute atomic E-state index is 11.1. The maximum Gasteiger partial charge on any atom is 0.328 e. The second-order valence-corrected chi connectivity index (χ2v) is 4.58. The topological polar surface area (TPSA) is 67.8 Å². The summed E-state index contributed by atoms with van der Waals surface area (Å²) in [5.41, 5.74) is 0.425. The number of aliphatic carboxylic acids is 1. The van der Waals surface area contributed by atoms with E-state index in [1.54, 1.807) is 40.2 Å². The molecular weight excluding hydrogens is 234 g/mol. The van der Waals surface area contributed by atoms with Gasteiger partial charge in [0.1, 0.15) is 17.0 Å². The zero-order valence-corrected chi connectivity index (χ0v) is 11.3. The summed E-state index contributed by atoms with van der Waals surface area (Å²) in [5, 5.41) is 12.0. The van der Waals surface area contributed by atoms with Crippen molar-refractivity contribution in [2.75, 3.05) is 19.5 Å². The number of anilines is 1. The van der Waals surface area contributed by atoms with E-state index in [2.05, 4.69) is 5.32 Å². The van der Waals surface area contributed by atoms with Gasteiger partial charge in [-0.05, 0) is 32.4 Å². The number of rotatable bonds is 5. The molecule has 0 saturated heterocycles. The Morgan fingerprint density at radius 1 is 1.22 bits per heavy atom. The van der Waals surface area contributed by atoms with Gasteiger partial charge in [-0.1, -0.05) is 0 Å². The molecule has 1 rings (SSSR count). The van der Waals surface area contributed by atoms with Gasteiger partial charge < -0.3 is 19.9 Å². The number of nitrogens with one attached hydrogen (secondary N) is 1. The van der Waals surface area contributed by atoms with Crippen molar-refractivity contribution in [1.29, 1.82) is 0 Å². The molecule has 0 aliphatic carbocycles. The first-order valence-electron chi connectivity index (χ1n) is 5.56. The van der Waals surface area contributed by atoms with E-state index in [1.165, 1.54) is 0 Å². The molecule has 0 saturated carbocycles. The fraction of sp³-hybridized carbons (Fsp3) is 0.462. The monoisotopic (exact) mass is 253 g/mol. The van der Waals surface area contributed by atoms with Crippen molar-refractivity contribution in [1.82, 2.24) is 0 Å². The van der Waals surface area contributed by atoms with Gasteiger partial charge in [0, 0.05) is 6.07 Å². The highest BCUT2D eigenvalue weighted by Gasteiger charge is 2.28. The largest absolute Gasteiger partial charge is 0.496 e. The lowest BCUT2D eigenvalue weighted by Crippen LogP contribution is -2.40. The Balaban J connectivity index is 3.18. The van der Waals surface area contributed by atoms with Gasteiger partial charge in [-0.2, -0.15) is 0 Å². The Labute approximate surface area is 107 Å². The quantitative estimate of drug-likeness (QED) is 0.842. The lowest BCUT2D eigenvalue weighted by atomic mass is 10.0.